The first-order chi connectivity index (χ1) is 15.1. The van der Waals surface area contributed by atoms with Crippen LogP contribution < -0.4 is 10.1 Å². The Morgan fingerprint density at radius 3 is 2.45 bits per heavy atom. The molecule has 0 saturated carbocycles. The number of amides is 1. The summed E-state index contributed by atoms with van der Waals surface area (Å²) in [4.78, 5) is 22.1. The maximum Gasteiger partial charge on any atom is 0.234 e. The van der Waals surface area contributed by atoms with Crippen molar-refractivity contribution in [1.29, 1.82) is 0 Å². The number of aryl methyl sites for hydroxylation is 1. The first kappa shape index (κ1) is 20.9. The van der Waals surface area contributed by atoms with Crippen LogP contribution in [0, 0.1) is 6.92 Å². The van der Waals surface area contributed by atoms with Gasteiger partial charge in [0.2, 0.25) is 5.91 Å². The van der Waals surface area contributed by atoms with Crippen LogP contribution in [-0.4, -0.2) is 28.7 Å². The highest BCUT2D eigenvalue weighted by Gasteiger charge is 2.13. The Kier molecular flexibility index (Phi) is 6.48. The summed E-state index contributed by atoms with van der Waals surface area (Å²) in [6.45, 7) is 2.02. The third-order valence-electron chi connectivity index (χ3n) is 4.79. The zero-order valence-corrected chi connectivity index (χ0v) is 18.3. The second kappa shape index (κ2) is 9.62. The minimum absolute atomic E-state index is 0.0730. The van der Waals surface area contributed by atoms with Crippen LogP contribution in [0.4, 0.5) is 5.69 Å². The molecular weight excluding hydrogens is 406 g/mol. The third kappa shape index (κ3) is 5.41. The summed E-state index contributed by atoms with van der Waals surface area (Å²) >= 11 is 1.40. The SMILES string of the molecule is COc1cccc(Cc2nc3ccccc3nc2SCC(=O)Nc2ccc(C)cc2)c1. The lowest BCUT2D eigenvalue weighted by Crippen LogP contribution is -2.14. The highest BCUT2D eigenvalue weighted by Crippen LogP contribution is 2.26. The van der Waals surface area contributed by atoms with E-state index < -0.39 is 0 Å². The van der Waals surface area contributed by atoms with Crippen LogP contribution in [0.3, 0.4) is 0 Å². The summed E-state index contributed by atoms with van der Waals surface area (Å²) in [6.07, 6.45) is 0.608. The molecule has 6 heteroatoms. The van der Waals surface area contributed by atoms with Crippen LogP contribution in [0.25, 0.3) is 11.0 Å². The Morgan fingerprint density at radius 1 is 0.968 bits per heavy atom. The average Bonchev–Trinajstić information content (AvgIpc) is 2.79. The monoisotopic (exact) mass is 429 g/mol. The number of nitrogens with one attached hydrogen (secondary N) is 1. The molecule has 1 amide bonds. The molecule has 0 radical (unpaired) electrons. The number of thioether (sulfide) groups is 1. The van der Waals surface area contributed by atoms with E-state index in [2.05, 4.69) is 5.32 Å². The lowest BCUT2D eigenvalue weighted by Gasteiger charge is -2.11. The van der Waals surface area contributed by atoms with Gasteiger partial charge in [-0.3, -0.25) is 4.79 Å². The fraction of sp³-hybridized carbons (Fsp3) is 0.160. The smallest absolute Gasteiger partial charge is 0.234 e. The van der Waals surface area contributed by atoms with Crippen molar-refractivity contribution in [3.63, 3.8) is 0 Å². The molecule has 0 aliphatic heterocycles. The molecule has 4 aromatic rings. The molecule has 0 aliphatic carbocycles. The second-order valence-corrected chi connectivity index (χ2v) is 8.16. The molecule has 1 heterocycles. The standard InChI is InChI=1S/C25H23N3O2S/c1-17-10-12-19(13-11-17)26-24(29)16-31-25-23(15-18-6-5-7-20(14-18)30-2)27-21-8-3-4-9-22(21)28-25/h3-14H,15-16H2,1-2H3,(H,26,29). The fourth-order valence-corrected chi connectivity index (χ4v) is 3.98. The molecule has 4 rings (SSSR count). The van der Waals surface area contributed by atoms with Crippen LogP contribution >= 0.6 is 11.8 Å². The van der Waals surface area contributed by atoms with Crippen molar-refractivity contribution < 1.29 is 9.53 Å². The number of fused-ring (bicyclic) bond motifs is 1. The zero-order chi connectivity index (χ0) is 21.6. The van der Waals surface area contributed by atoms with Gasteiger partial charge in [0.1, 0.15) is 10.8 Å². The van der Waals surface area contributed by atoms with Gasteiger partial charge in [-0.1, -0.05) is 53.7 Å². The lowest BCUT2D eigenvalue weighted by atomic mass is 10.1. The van der Waals surface area contributed by atoms with Gasteiger partial charge in [0, 0.05) is 12.1 Å². The van der Waals surface area contributed by atoms with Gasteiger partial charge >= 0.3 is 0 Å². The predicted molar refractivity (Wildman–Crippen MR) is 126 cm³/mol. The Bertz CT molecular complexity index is 1210. The van der Waals surface area contributed by atoms with Crippen molar-refractivity contribution in [3.05, 3.63) is 89.6 Å². The summed E-state index contributed by atoms with van der Waals surface area (Å²) in [7, 11) is 1.66. The number of para-hydroxylation sites is 2. The maximum atomic E-state index is 12.5. The predicted octanol–water partition coefficient (Wildman–Crippen LogP) is 5.27. The topological polar surface area (TPSA) is 64.1 Å². The van der Waals surface area contributed by atoms with Crippen molar-refractivity contribution in [2.24, 2.45) is 0 Å². The Hall–Kier alpha value is -3.38. The number of nitrogens with zero attached hydrogens (tertiary/aromatic N) is 2. The van der Waals surface area contributed by atoms with Gasteiger partial charge in [0.05, 0.1) is 29.6 Å². The number of carbonyl (C=O) groups excluding carboxylic acids is 1. The summed E-state index contributed by atoms with van der Waals surface area (Å²) in [5.74, 6) is 0.987. The first-order valence-electron chi connectivity index (χ1n) is 9.98. The van der Waals surface area contributed by atoms with E-state index in [1.54, 1.807) is 7.11 Å². The molecule has 31 heavy (non-hydrogen) atoms. The van der Waals surface area contributed by atoms with E-state index in [-0.39, 0.29) is 11.7 Å². The van der Waals surface area contributed by atoms with E-state index in [0.29, 0.717) is 6.42 Å². The van der Waals surface area contributed by atoms with Gasteiger partial charge in [-0.2, -0.15) is 0 Å². The average molecular weight is 430 g/mol. The third-order valence-corrected chi connectivity index (χ3v) is 5.79. The van der Waals surface area contributed by atoms with Crippen molar-refractivity contribution >= 4 is 34.4 Å². The van der Waals surface area contributed by atoms with Crippen LogP contribution in [0.1, 0.15) is 16.8 Å². The molecule has 1 aromatic heterocycles. The van der Waals surface area contributed by atoms with Crippen molar-refractivity contribution in [1.82, 2.24) is 9.97 Å². The Balaban J connectivity index is 1.55. The van der Waals surface area contributed by atoms with Gasteiger partial charge in [-0.25, -0.2) is 9.97 Å². The normalized spacial score (nSPS) is 10.8. The Morgan fingerprint density at radius 2 is 1.71 bits per heavy atom. The molecule has 0 bridgehead atoms. The van der Waals surface area contributed by atoms with Crippen molar-refractivity contribution in [2.45, 2.75) is 18.4 Å². The van der Waals surface area contributed by atoms with E-state index in [1.165, 1.54) is 11.8 Å². The van der Waals surface area contributed by atoms with Crippen LogP contribution in [0.2, 0.25) is 0 Å². The lowest BCUT2D eigenvalue weighted by molar-refractivity contribution is -0.113. The largest absolute Gasteiger partial charge is 0.497 e. The Labute approximate surface area is 185 Å². The molecule has 0 aliphatic rings. The number of hydrogen-bond acceptors (Lipinski definition) is 5. The molecule has 0 fully saturated rings. The fourth-order valence-electron chi connectivity index (χ4n) is 3.19. The number of hydrogen-bond donors (Lipinski definition) is 1. The van der Waals surface area contributed by atoms with Crippen molar-refractivity contribution in [3.8, 4) is 5.75 Å². The molecule has 3 aromatic carbocycles. The first-order valence-corrected chi connectivity index (χ1v) is 11.0. The van der Waals surface area contributed by atoms with Gasteiger partial charge < -0.3 is 10.1 Å². The number of rotatable bonds is 7. The second-order valence-electron chi connectivity index (χ2n) is 7.20. The number of carbonyl (C=O) groups is 1. The van der Waals surface area contributed by atoms with Gasteiger partial charge in [0.25, 0.3) is 0 Å². The molecular formula is C25H23N3O2S. The molecule has 5 nitrogen and oxygen atoms in total. The van der Waals surface area contributed by atoms with Crippen LogP contribution in [0.15, 0.2) is 77.8 Å². The quantitative estimate of drug-likeness (QED) is 0.406. The molecule has 0 saturated heterocycles. The van der Waals surface area contributed by atoms with Gasteiger partial charge in [-0.05, 0) is 48.9 Å². The summed E-state index contributed by atoms with van der Waals surface area (Å²) < 4.78 is 5.34. The summed E-state index contributed by atoms with van der Waals surface area (Å²) in [5.41, 5.74) is 5.53. The number of benzene rings is 3. The van der Waals surface area contributed by atoms with E-state index in [4.69, 9.17) is 14.7 Å². The molecule has 156 valence electrons. The van der Waals surface area contributed by atoms with Crippen LogP contribution in [-0.2, 0) is 11.2 Å². The number of aromatic nitrogens is 2. The van der Waals surface area contributed by atoms with Crippen LogP contribution in [0.5, 0.6) is 5.75 Å². The number of ether oxygens (including phenoxy) is 1. The summed E-state index contributed by atoms with van der Waals surface area (Å²) in [5, 5.41) is 3.70. The molecule has 0 atom stereocenters. The maximum absolute atomic E-state index is 12.5. The number of methoxy groups -OCH3 is 1. The summed E-state index contributed by atoms with van der Waals surface area (Å²) in [6, 6.07) is 23.5. The molecule has 0 unspecified atom stereocenters. The zero-order valence-electron chi connectivity index (χ0n) is 17.5. The molecule has 1 N–H and O–H groups in total. The van der Waals surface area contributed by atoms with Gasteiger partial charge in [-0.15, -0.1) is 0 Å². The van der Waals surface area contributed by atoms with E-state index in [0.717, 1.165) is 44.3 Å². The highest BCUT2D eigenvalue weighted by molar-refractivity contribution is 8.00. The molecule has 0 spiro atoms. The van der Waals surface area contributed by atoms with E-state index in [9.17, 15) is 4.79 Å². The number of anilines is 1. The van der Waals surface area contributed by atoms with Gasteiger partial charge in [0.15, 0.2) is 0 Å². The van der Waals surface area contributed by atoms with E-state index in [1.807, 2.05) is 79.7 Å². The minimum atomic E-state index is -0.0730. The highest BCUT2D eigenvalue weighted by atomic mass is 32.2. The van der Waals surface area contributed by atoms with Crippen molar-refractivity contribution in [2.75, 3.05) is 18.2 Å². The minimum Gasteiger partial charge on any atom is -0.497 e. The van der Waals surface area contributed by atoms with E-state index >= 15 is 0 Å².